The number of rotatable bonds is 3. The van der Waals surface area contributed by atoms with Gasteiger partial charge < -0.3 is 10.1 Å². The molecule has 0 bridgehead atoms. The third kappa shape index (κ3) is 2.45. The molecule has 2 aromatic heterocycles. The van der Waals surface area contributed by atoms with Crippen LogP contribution in [-0.2, 0) is 0 Å². The molecule has 0 aliphatic heterocycles. The maximum absolute atomic E-state index is 12.0. The number of pyridine rings is 1. The summed E-state index contributed by atoms with van der Waals surface area (Å²) in [6.45, 7) is 3.63. The summed E-state index contributed by atoms with van der Waals surface area (Å²) in [7, 11) is 1.51. The topological polar surface area (TPSA) is 77.0 Å². The molecule has 18 heavy (non-hydrogen) atoms. The van der Waals surface area contributed by atoms with Crippen molar-refractivity contribution in [2.45, 2.75) is 13.8 Å². The lowest BCUT2D eigenvalue weighted by Gasteiger charge is -2.08. The highest BCUT2D eigenvalue weighted by Crippen LogP contribution is 2.23. The average Bonchev–Trinajstić information content (AvgIpc) is 2.76. The van der Waals surface area contributed by atoms with Crippen LogP contribution in [0.2, 0.25) is 0 Å². The number of hydrogen-bond donors (Lipinski definition) is 1. The van der Waals surface area contributed by atoms with Gasteiger partial charge in [0, 0.05) is 6.20 Å². The molecule has 0 aliphatic rings. The molecule has 2 heterocycles. The second-order valence-corrected chi connectivity index (χ2v) is 4.47. The number of nitrogens with zero attached hydrogens (tertiary/aromatic N) is 3. The Morgan fingerprint density at radius 3 is 2.83 bits per heavy atom. The van der Waals surface area contributed by atoms with Crippen molar-refractivity contribution < 1.29 is 9.53 Å². The highest BCUT2D eigenvalue weighted by atomic mass is 32.1. The van der Waals surface area contributed by atoms with Crippen LogP contribution >= 0.6 is 11.5 Å². The lowest BCUT2D eigenvalue weighted by Crippen LogP contribution is -2.13. The first kappa shape index (κ1) is 12.4. The highest BCUT2D eigenvalue weighted by Gasteiger charge is 2.15. The fourth-order valence-electron chi connectivity index (χ4n) is 1.43. The fourth-order valence-corrected chi connectivity index (χ4v) is 1.98. The van der Waals surface area contributed by atoms with Crippen LogP contribution in [0.25, 0.3) is 0 Å². The number of amides is 1. The van der Waals surface area contributed by atoms with Gasteiger partial charge in [0.05, 0.1) is 12.8 Å². The molecule has 0 aromatic carbocycles. The summed E-state index contributed by atoms with van der Waals surface area (Å²) < 4.78 is 8.82. The van der Waals surface area contributed by atoms with E-state index < -0.39 is 0 Å². The minimum Gasteiger partial charge on any atom is -0.480 e. The molecule has 2 aromatic rings. The van der Waals surface area contributed by atoms with Crippen LogP contribution in [0.15, 0.2) is 12.3 Å². The summed E-state index contributed by atoms with van der Waals surface area (Å²) in [5.74, 6) is 0.122. The minimum atomic E-state index is -0.256. The third-order valence-electron chi connectivity index (χ3n) is 2.29. The van der Waals surface area contributed by atoms with E-state index in [0.29, 0.717) is 22.1 Å². The number of aromatic nitrogens is 3. The van der Waals surface area contributed by atoms with Gasteiger partial charge in [0.25, 0.3) is 5.91 Å². The van der Waals surface area contributed by atoms with Gasteiger partial charge in [-0.3, -0.25) is 4.79 Å². The van der Waals surface area contributed by atoms with Crippen molar-refractivity contribution in [3.8, 4) is 5.88 Å². The molecule has 94 valence electrons. The first-order valence-electron chi connectivity index (χ1n) is 5.22. The van der Waals surface area contributed by atoms with E-state index in [1.165, 1.54) is 7.11 Å². The van der Waals surface area contributed by atoms with E-state index in [0.717, 1.165) is 17.1 Å². The summed E-state index contributed by atoms with van der Waals surface area (Å²) in [4.78, 5) is 16.6. The number of nitrogens with one attached hydrogen (secondary N) is 1. The molecule has 1 amide bonds. The van der Waals surface area contributed by atoms with Gasteiger partial charge in [0.15, 0.2) is 0 Å². The zero-order valence-electron chi connectivity index (χ0n) is 10.2. The van der Waals surface area contributed by atoms with Crippen LogP contribution in [0.5, 0.6) is 5.88 Å². The van der Waals surface area contributed by atoms with Gasteiger partial charge >= 0.3 is 0 Å². The first-order valence-corrected chi connectivity index (χ1v) is 6.00. The van der Waals surface area contributed by atoms with Crippen molar-refractivity contribution in [2.24, 2.45) is 0 Å². The average molecular weight is 264 g/mol. The second kappa shape index (κ2) is 5.09. The van der Waals surface area contributed by atoms with Crippen molar-refractivity contribution in [3.63, 3.8) is 0 Å². The van der Waals surface area contributed by atoms with E-state index in [9.17, 15) is 4.79 Å². The molecule has 0 saturated carbocycles. The fraction of sp³-hybridized carbons (Fsp3) is 0.273. The third-order valence-corrected chi connectivity index (χ3v) is 3.11. The van der Waals surface area contributed by atoms with Gasteiger partial charge in [-0.2, -0.15) is 0 Å². The molecule has 0 atom stereocenters. The van der Waals surface area contributed by atoms with E-state index in [4.69, 9.17) is 4.74 Å². The highest BCUT2D eigenvalue weighted by molar-refractivity contribution is 7.08. The van der Waals surface area contributed by atoms with Gasteiger partial charge in [0.2, 0.25) is 5.88 Å². The molecule has 7 heteroatoms. The van der Waals surface area contributed by atoms with Crippen LogP contribution in [-0.4, -0.2) is 27.6 Å². The summed E-state index contributed by atoms with van der Waals surface area (Å²) in [6.07, 6.45) is 1.67. The standard InChI is InChI=1S/C11H12N4O2S/c1-6-4-8(11(17-3)12-5-6)13-10(16)9-7(2)14-15-18-9/h4-5H,1-3H3,(H,13,16). The monoisotopic (exact) mass is 264 g/mol. The molecule has 0 saturated heterocycles. The van der Waals surface area contributed by atoms with Crippen LogP contribution in [0.4, 0.5) is 5.69 Å². The van der Waals surface area contributed by atoms with Gasteiger partial charge in [-0.25, -0.2) is 4.98 Å². The summed E-state index contributed by atoms with van der Waals surface area (Å²) in [6, 6.07) is 1.80. The molecule has 0 unspecified atom stereocenters. The predicted octanol–water partition coefficient (Wildman–Crippen LogP) is 1.81. The van der Waals surface area contributed by atoms with E-state index in [2.05, 4.69) is 19.9 Å². The molecule has 0 aliphatic carbocycles. The summed E-state index contributed by atoms with van der Waals surface area (Å²) in [5, 5.41) is 6.55. The number of carbonyl (C=O) groups is 1. The molecule has 2 rings (SSSR count). The van der Waals surface area contributed by atoms with E-state index in [-0.39, 0.29) is 5.91 Å². The lowest BCUT2D eigenvalue weighted by atomic mass is 10.3. The van der Waals surface area contributed by atoms with Crippen LogP contribution in [0.3, 0.4) is 0 Å². The Labute approximate surface area is 108 Å². The summed E-state index contributed by atoms with van der Waals surface area (Å²) >= 11 is 1.06. The second-order valence-electron chi connectivity index (χ2n) is 3.71. The molecule has 0 radical (unpaired) electrons. The van der Waals surface area contributed by atoms with Crippen LogP contribution in [0.1, 0.15) is 20.9 Å². The molecular formula is C11H12N4O2S. The number of carbonyl (C=O) groups excluding carboxylic acids is 1. The Bertz CT molecular complexity index is 582. The quantitative estimate of drug-likeness (QED) is 0.914. The Balaban J connectivity index is 2.27. The maximum Gasteiger partial charge on any atom is 0.269 e. The largest absolute Gasteiger partial charge is 0.480 e. The number of anilines is 1. The smallest absolute Gasteiger partial charge is 0.269 e. The normalized spacial score (nSPS) is 10.2. The van der Waals surface area contributed by atoms with Crippen molar-refractivity contribution in [3.05, 3.63) is 28.4 Å². The zero-order valence-corrected chi connectivity index (χ0v) is 11.0. The number of ether oxygens (including phenoxy) is 1. The van der Waals surface area contributed by atoms with E-state index in [1.807, 2.05) is 6.92 Å². The molecule has 0 spiro atoms. The predicted molar refractivity (Wildman–Crippen MR) is 68.1 cm³/mol. The molecule has 0 fully saturated rings. The summed E-state index contributed by atoms with van der Waals surface area (Å²) in [5.41, 5.74) is 2.08. The van der Waals surface area contributed by atoms with Gasteiger partial charge in [0.1, 0.15) is 10.6 Å². The van der Waals surface area contributed by atoms with Crippen LogP contribution < -0.4 is 10.1 Å². The van der Waals surface area contributed by atoms with Crippen molar-refractivity contribution in [1.29, 1.82) is 0 Å². The van der Waals surface area contributed by atoms with Crippen LogP contribution in [0, 0.1) is 13.8 Å². The van der Waals surface area contributed by atoms with Gasteiger partial charge in [-0.05, 0) is 37.0 Å². The van der Waals surface area contributed by atoms with E-state index >= 15 is 0 Å². The Morgan fingerprint density at radius 2 is 2.22 bits per heavy atom. The SMILES string of the molecule is COc1ncc(C)cc1NC(=O)c1snnc1C. The van der Waals surface area contributed by atoms with Gasteiger partial charge in [-0.1, -0.05) is 4.49 Å². The maximum atomic E-state index is 12.0. The van der Waals surface area contributed by atoms with Crippen molar-refractivity contribution in [2.75, 3.05) is 12.4 Å². The van der Waals surface area contributed by atoms with Gasteiger partial charge in [-0.15, -0.1) is 5.10 Å². The number of aryl methyl sites for hydroxylation is 2. The lowest BCUT2D eigenvalue weighted by molar-refractivity contribution is 0.102. The van der Waals surface area contributed by atoms with Crippen molar-refractivity contribution >= 4 is 23.1 Å². The molecule has 6 nitrogen and oxygen atoms in total. The molecular weight excluding hydrogens is 252 g/mol. The Hall–Kier alpha value is -2.02. The Morgan fingerprint density at radius 1 is 1.44 bits per heavy atom. The zero-order chi connectivity index (χ0) is 13.1. The number of methoxy groups -OCH3 is 1. The van der Waals surface area contributed by atoms with E-state index in [1.54, 1.807) is 19.2 Å². The number of hydrogen-bond acceptors (Lipinski definition) is 6. The molecule has 1 N–H and O–H groups in total. The minimum absolute atomic E-state index is 0.256. The van der Waals surface area contributed by atoms with Crippen molar-refractivity contribution in [1.82, 2.24) is 14.6 Å². The Kier molecular flexibility index (Phi) is 3.52. The first-order chi connectivity index (χ1) is 8.61.